The molecule has 1 aliphatic rings. The van der Waals surface area contributed by atoms with Gasteiger partial charge in [0.2, 0.25) is 0 Å². The SMILES string of the molecule is Cc1cc(C)cc(C2CCN(c3ccccc3[N+](=O)[O-])CC2)c1. The van der Waals surface area contributed by atoms with Crippen molar-refractivity contribution in [2.75, 3.05) is 18.0 Å². The molecule has 0 N–H and O–H groups in total. The van der Waals surface area contributed by atoms with Crippen LogP contribution in [-0.2, 0) is 0 Å². The number of hydrogen-bond donors (Lipinski definition) is 0. The maximum absolute atomic E-state index is 11.2. The quantitative estimate of drug-likeness (QED) is 0.615. The molecule has 3 rings (SSSR count). The predicted octanol–water partition coefficient (Wildman–Crippen LogP) is 4.60. The lowest BCUT2D eigenvalue weighted by molar-refractivity contribution is -0.384. The Hall–Kier alpha value is -2.36. The van der Waals surface area contributed by atoms with Crippen LogP contribution in [-0.4, -0.2) is 18.0 Å². The molecule has 0 saturated carbocycles. The molecular formula is C19H22N2O2. The van der Waals surface area contributed by atoms with Crippen LogP contribution in [0.5, 0.6) is 0 Å². The van der Waals surface area contributed by atoms with Crippen LogP contribution >= 0.6 is 0 Å². The maximum Gasteiger partial charge on any atom is 0.292 e. The second-order valence-electron chi connectivity index (χ2n) is 6.43. The molecule has 0 unspecified atom stereocenters. The van der Waals surface area contributed by atoms with Gasteiger partial charge >= 0.3 is 0 Å². The lowest BCUT2D eigenvalue weighted by Gasteiger charge is -2.33. The lowest BCUT2D eigenvalue weighted by Crippen LogP contribution is -2.33. The summed E-state index contributed by atoms with van der Waals surface area (Å²) in [6, 6.07) is 13.8. The third-order valence-corrected chi connectivity index (χ3v) is 4.63. The van der Waals surface area contributed by atoms with E-state index in [0.717, 1.165) is 31.6 Å². The first-order chi connectivity index (χ1) is 11.0. The van der Waals surface area contributed by atoms with Crippen LogP contribution in [0.15, 0.2) is 42.5 Å². The maximum atomic E-state index is 11.2. The fraction of sp³-hybridized carbons (Fsp3) is 0.368. The highest BCUT2D eigenvalue weighted by Crippen LogP contribution is 2.34. The summed E-state index contributed by atoms with van der Waals surface area (Å²) < 4.78 is 0. The molecule has 2 aromatic carbocycles. The molecule has 2 aromatic rings. The number of nitrogens with zero attached hydrogens (tertiary/aromatic N) is 2. The summed E-state index contributed by atoms with van der Waals surface area (Å²) in [5, 5.41) is 11.2. The molecule has 0 amide bonds. The molecule has 1 aliphatic heterocycles. The van der Waals surface area contributed by atoms with Gasteiger partial charge in [0, 0.05) is 19.2 Å². The van der Waals surface area contributed by atoms with E-state index in [-0.39, 0.29) is 10.6 Å². The van der Waals surface area contributed by atoms with Gasteiger partial charge in [-0.25, -0.2) is 0 Å². The van der Waals surface area contributed by atoms with Crippen molar-refractivity contribution in [3.8, 4) is 0 Å². The summed E-state index contributed by atoms with van der Waals surface area (Å²) in [5.41, 5.74) is 4.97. The molecule has 0 spiro atoms. The number of benzene rings is 2. The topological polar surface area (TPSA) is 46.4 Å². The van der Waals surface area contributed by atoms with E-state index in [1.165, 1.54) is 16.7 Å². The van der Waals surface area contributed by atoms with Crippen LogP contribution in [0.4, 0.5) is 11.4 Å². The molecule has 0 aliphatic carbocycles. The van der Waals surface area contributed by atoms with Gasteiger partial charge in [-0.2, -0.15) is 0 Å². The monoisotopic (exact) mass is 310 g/mol. The fourth-order valence-electron chi connectivity index (χ4n) is 3.59. The average Bonchev–Trinajstić information content (AvgIpc) is 2.54. The van der Waals surface area contributed by atoms with Crippen LogP contribution in [0.2, 0.25) is 0 Å². The Balaban J connectivity index is 1.75. The number of nitro groups is 1. The second-order valence-corrected chi connectivity index (χ2v) is 6.43. The minimum Gasteiger partial charge on any atom is -0.366 e. The van der Waals surface area contributed by atoms with Gasteiger partial charge in [0.1, 0.15) is 5.69 Å². The number of hydrogen-bond acceptors (Lipinski definition) is 3. The van der Waals surface area contributed by atoms with E-state index in [4.69, 9.17) is 0 Å². The van der Waals surface area contributed by atoms with Crippen molar-refractivity contribution in [1.29, 1.82) is 0 Å². The Labute approximate surface area is 136 Å². The zero-order valence-corrected chi connectivity index (χ0v) is 13.7. The van der Waals surface area contributed by atoms with Crippen LogP contribution in [0.1, 0.15) is 35.4 Å². The van der Waals surface area contributed by atoms with Crippen LogP contribution in [0, 0.1) is 24.0 Å². The van der Waals surface area contributed by atoms with Gasteiger partial charge < -0.3 is 4.90 Å². The molecule has 0 bridgehead atoms. The molecule has 120 valence electrons. The highest BCUT2D eigenvalue weighted by atomic mass is 16.6. The molecule has 0 atom stereocenters. The van der Waals surface area contributed by atoms with Gasteiger partial charge in [-0.05, 0) is 44.2 Å². The molecule has 0 radical (unpaired) electrons. The third-order valence-electron chi connectivity index (χ3n) is 4.63. The highest BCUT2D eigenvalue weighted by Gasteiger charge is 2.25. The first kappa shape index (κ1) is 15.5. The average molecular weight is 310 g/mol. The Morgan fingerprint density at radius 3 is 2.26 bits per heavy atom. The summed E-state index contributed by atoms with van der Waals surface area (Å²) in [5.74, 6) is 0.549. The second kappa shape index (κ2) is 6.41. The summed E-state index contributed by atoms with van der Waals surface area (Å²) in [4.78, 5) is 13.1. The Morgan fingerprint density at radius 2 is 1.65 bits per heavy atom. The molecule has 1 fully saturated rings. The van der Waals surface area contributed by atoms with Gasteiger partial charge in [-0.3, -0.25) is 10.1 Å². The van der Waals surface area contributed by atoms with Crippen molar-refractivity contribution in [3.63, 3.8) is 0 Å². The largest absolute Gasteiger partial charge is 0.366 e. The van der Waals surface area contributed by atoms with Gasteiger partial charge in [0.05, 0.1) is 4.92 Å². The number of rotatable bonds is 3. The molecular weight excluding hydrogens is 288 g/mol. The van der Waals surface area contributed by atoms with Crippen molar-refractivity contribution in [3.05, 3.63) is 69.3 Å². The number of piperidine rings is 1. The first-order valence-electron chi connectivity index (χ1n) is 8.11. The van der Waals surface area contributed by atoms with Gasteiger partial charge in [0.25, 0.3) is 5.69 Å². The molecule has 1 saturated heterocycles. The zero-order valence-electron chi connectivity index (χ0n) is 13.7. The fourth-order valence-corrected chi connectivity index (χ4v) is 3.59. The predicted molar refractivity (Wildman–Crippen MR) is 93.2 cm³/mol. The lowest BCUT2D eigenvalue weighted by atomic mass is 9.87. The summed E-state index contributed by atoms with van der Waals surface area (Å²) in [7, 11) is 0. The number of aryl methyl sites for hydroxylation is 2. The summed E-state index contributed by atoms with van der Waals surface area (Å²) in [6.07, 6.45) is 2.07. The number of anilines is 1. The summed E-state index contributed by atoms with van der Waals surface area (Å²) >= 11 is 0. The first-order valence-corrected chi connectivity index (χ1v) is 8.11. The van der Waals surface area contributed by atoms with E-state index in [9.17, 15) is 10.1 Å². The molecule has 4 heteroatoms. The minimum absolute atomic E-state index is 0.206. The minimum atomic E-state index is -0.286. The van der Waals surface area contributed by atoms with E-state index < -0.39 is 0 Å². The van der Waals surface area contributed by atoms with Crippen LogP contribution in [0.3, 0.4) is 0 Å². The molecule has 23 heavy (non-hydrogen) atoms. The van der Waals surface area contributed by atoms with Crippen molar-refractivity contribution < 1.29 is 4.92 Å². The standard InChI is InChI=1S/C19H22N2O2/c1-14-11-15(2)13-17(12-14)16-7-9-20(10-8-16)18-5-3-4-6-19(18)21(22)23/h3-6,11-13,16H,7-10H2,1-2H3. The normalized spacial score (nSPS) is 15.7. The van der Waals surface area contributed by atoms with E-state index >= 15 is 0 Å². The van der Waals surface area contributed by atoms with E-state index in [2.05, 4.69) is 36.9 Å². The van der Waals surface area contributed by atoms with E-state index in [1.807, 2.05) is 12.1 Å². The van der Waals surface area contributed by atoms with Crippen LogP contribution in [0.25, 0.3) is 0 Å². The van der Waals surface area contributed by atoms with Crippen molar-refractivity contribution in [1.82, 2.24) is 0 Å². The van der Waals surface area contributed by atoms with Crippen molar-refractivity contribution in [2.24, 2.45) is 0 Å². The Bertz CT molecular complexity index is 699. The van der Waals surface area contributed by atoms with Gasteiger partial charge in [-0.1, -0.05) is 41.5 Å². The smallest absolute Gasteiger partial charge is 0.292 e. The molecule has 4 nitrogen and oxygen atoms in total. The summed E-state index contributed by atoms with van der Waals surface area (Å²) in [6.45, 7) is 6.00. The molecule has 1 heterocycles. The van der Waals surface area contributed by atoms with Crippen LogP contribution < -0.4 is 4.90 Å². The van der Waals surface area contributed by atoms with Crippen molar-refractivity contribution >= 4 is 11.4 Å². The van der Waals surface area contributed by atoms with Gasteiger partial charge in [0.15, 0.2) is 0 Å². The Morgan fingerprint density at radius 1 is 1.04 bits per heavy atom. The van der Waals surface area contributed by atoms with Gasteiger partial charge in [-0.15, -0.1) is 0 Å². The molecule has 0 aromatic heterocycles. The van der Waals surface area contributed by atoms with E-state index in [0.29, 0.717) is 5.92 Å². The van der Waals surface area contributed by atoms with Crippen molar-refractivity contribution in [2.45, 2.75) is 32.6 Å². The Kier molecular flexibility index (Phi) is 4.33. The zero-order chi connectivity index (χ0) is 16.4. The number of nitro benzene ring substituents is 1. The number of para-hydroxylation sites is 2. The highest BCUT2D eigenvalue weighted by molar-refractivity contribution is 5.63. The van der Waals surface area contributed by atoms with E-state index in [1.54, 1.807) is 12.1 Å². The third kappa shape index (κ3) is 3.36.